The molecule has 7 heteroatoms. The molecule has 0 spiro atoms. The summed E-state index contributed by atoms with van der Waals surface area (Å²) in [6, 6.07) is 24.1. The number of aromatic amines is 1. The fourth-order valence-electron chi connectivity index (χ4n) is 5.69. The maximum atomic E-state index is 13.8. The number of para-hydroxylation sites is 1. The molecule has 2 aliphatic rings. The van der Waals surface area contributed by atoms with E-state index in [1.54, 1.807) is 21.9 Å². The zero-order chi connectivity index (χ0) is 25.5. The molecule has 37 heavy (non-hydrogen) atoms. The molecule has 2 aliphatic heterocycles. The largest absolute Gasteiger partial charge is 0.465 e. The summed E-state index contributed by atoms with van der Waals surface area (Å²) in [5.41, 5.74) is 5.36. The fraction of sp³-hybridized carbons (Fsp3) is 0.233. The van der Waals surface area contributed by atoms with Crippen LogP contribution in [0.2, 0.25) is 0 Å². The number of carbonyl (C=O) groups is 3. The average molecular weight is 494 g/mol. The van der Waals surface area contributed by atoms with Crippen molar-refractivity contribution in [2.75, 3.05) is 20.2 Å². The molecule has 1 aromatic heterocycles. The Labute approximate surface area is 214 Å². The number of piperazine rings is 1. The highest BCUT2D eigenvalue weighted by atomic mass is 16.5. The lowest BCUT2D eigenvalue weighted by Gasteiger charge is -2.47. The van der Waals surface area contributed by atoms with Gasteiger partial charge in [-0.1, -0.05) is 60.7 Å². The van der Waals surface area contributed by atoms with E-state index < -0.39 is 18.1 Å². The number of esters is 1. The normalized spacial score (nSPS) is 19.1. The molecule has 1 N–H and O–H groups in total. The number of hydrogen-bond donors (Lipinski definition) is 1. The van der Waals surface area contributed by atoms with Crippen LogP contribution in [0.4, 0.5) is 0 Å². The van der Waals surface area contributed by atoms with E-state index in [1.807, 2.05) is 60.7 Å². The predicted octanol–water partition coefficient (Wildman–Crippen LogP) is 3.88. The number of methoxy groups -OCH3 is 1. The number of ether oxygens (including phenoxy) is 1. The highest BCUT2D eigenvalue weighted by molar-refractivity contribution is 5.97. The van der Waals surface area contributed by atoms with E-state index in [4.69, 9.17) is 4.74 Å². The lowest BCUT2D eigenvalue weighted by Crippen LogP contribution is -2.63. The van der Waals surface area contributed by atoms with Crippen molar-refractivity contribution in [3.63, 3.8) is 0 Å². The topological polar surface area (TPSA) is 82.7 Å². The standard InChI is InChI=1S/C30H27N3O4/c1-37-30(36)21-13-11-20(12-14-21)28-27-23(22-9-5-6-10-24(22)31-27)17-25-29(35)32(18-26(34)33(25)28)16-15-19-7-3-2-4-8-19/h2-14,25,28,31H,15-18H2,1H3/t25-,28?/m0/s1. The lowest BCUT2D eigenvalue weighted by molar-refractivity contribution is -0.158. The molecule has 1 fully saturated rings. The van der Waals surface area contributed by atoms with Crippen molar-refractivity contribution >= 4 is 28.7 Å². The zero-order valence-electron chi connectivity index (χ0n) is 20.5. The van der Waals surface area contributed by atoms with Gasteiger partial charge in [0.2, 0.25) is 11.8 Å². The third-order valence-corrected chi connectivity index (χ3v) is 7.50. The molecule has 2 atom stereocenters. The molecule has 0 aliphatic carbocycles. The first-order chi connectivity index (χ1) is 18.0. The first-order valence-electron chi connectivity index (χ1n) is 12.5. The number of nitrogens with zero attached hydrogens (tertiary/aromatic N) is 2. The quantitative estimate of drug-likeness (QED) is 0.428. The second kappa shape index (κ2) is 9.24. The number of aromatic nitrogens is 1. The summed E-state index contributed by atoms with van der Waals surface area (Å²) in [4.78, 5) is 46.5. The minimum absolute atomic E-state index is 0.0253. The van der Waals surface area contributed by atoms with Crippen LogP contribution in [-0.4, -0.2) is 58.8 Å². The third-order valence-electron chi connectivity index (χ3n) is 7.50. The third kappa shape index (κ3) is 3.96. The molecule has 0 saturated carbocycles. The summed E-state index contributed by atoms with van der Waals surface area (Å²) in [7, 11) is 1.35. The van der Waals surface area contributed by atoms with Crippen LogP contribution in [-0.2, 0) is 27.2 Å². The monoisotopic (exact) mass is 493 g/mol. The minimum Gasteiger partial charge on any atom is -0.465 e. The molecule has 1 unspecified atom stereocenters. The van der Waals surface area contributed by atoms with Crippen LogP contribution < -0.4 is 0 Å². The van der Waals surface area contributed by atoms with Crippen molar-refractivity contribution in [3.05, 3.63) is 107 Å². The van der Waals surface area contributed by atoms with Gasteiger partial charge in [-0.3, -0.25) is 9.59 Å². The zero-order valence-corrected chi connectivity index (χ0v) is 20.5. The Hall–Kier alpha value is -4.39. The molecule has 1 saturated heterocycles. The van der Waals surface area contributed by atoms with Crippen LogP contribution in [0.5, 0.6) is 0 Å². The Bertz CT molecular complexity index is 1490. The summed E-state index contributed by atoms with van der Waals surface area (Å²) < 4.78 is 4.84. The number of carbonyl (C=O) groups excluding carboxylic acids is 3. The van der Waals surface area contributed by atoms with Gasteiger partial charge in [0.25, 0.3) is 0 Å². The van der Waals surface area contributed by atoms with Crippen LogP contribution in [0.3, 0.4) is 0 Å². The molecule has 3 aromatic carbocycles. The van der Waals surface area contributed by atoms with E-state index in [1.165, 1.54) is 7.11 Å². The van der Waals surface area contributed by atoms with Crippen molar-refractivity contribution in [3.8, 4) is 0 Å². The molecule has 186 valence electrons. The molecule has 4 aromatic rings. The summed E-state index contributed by atoms with van der Waals surface area (Å²) in [5, 5.41) is 1.06. The van der Waals surface area contributed by atoms with E-state index in [9.17, 15) is 14.4 Å². The SMILES string of the molecule is COC(=O)c1ccc(C2c3[nH]c4ccccc4c3C[C@H]3C(=O)N(CCc4ccccc4)CC(=O)N23)cc1. The van der Waals surface area contributed by atoms with Gasteiger partial charge in [-0.2, -0.15) is 0 Å². The summed E-state index contributed by atoms with van der Waals surface area (Å²) >= 11 is 0. The number of hydrogen-bond acceptors (Lipinski definition) is 4. The lowest BCUT2D eigenvalue weighted by atomic mass is 9.86. The fourth-order valence-corrected chi connectivity index (χ4v) is 5.69. The maximum absolute atomic E-state index is 13.8. The van der Waals surface area contributed by atoms with Crippen molar-refractivity contribution in [1.82, 2.24) is 14.8 Å². The molecule has 7 nitrogen and oxygen atoms in total. The van der Waals surface area contributed by atoms with Gasteiger partial charge in [-0.15, -0.1) is 0 Å². The van der Waals surface area contributed by atoms with E-state index in [0.29, 0.717) is 24.9 Å². The molecular formula is C30H27N3O4. The number of benzene rings is 3. The highest BCUT2D eigenvalue weighted by Gasteiger charge is 2.48. The first kappa shape index (κ1) is 23.0. The van der Waals surface area contributed by atoms with Gasteiger partial charge < -0.3 is 19.5 Å². The number of fused-ring (bicyclic) bond motifs is 4. The van der Waals surface area contributed by atoms with Gasteiger partial charge in [0, 0.05) is 29.6 Å². The van der Waals surface area contributed by atoms with Gasteiger partial charge in [0.15, 0.2) is 0 Å². The van der Waals surface area contributed by atoms with E-state index in [0.717, 1.165) is 33.3 Å². The summed E-state index contributed by atoms with van der Waals surface area (Å²) in [6.07, 6.45) is 1.16. The van der Waals surface area contributed by atoms with Gasteiger partial charge in [0.1, 0.15) is 6.04 Å². The maximum Gasteiger partial charge on any atom is 0.337 e. The van der Waals surface area contributed by atoms with E-state index in [-0.39, 0.29) is 18.4 Å². The number of H-pyrrole nitrogens is 1. The van der Waals surface area contributed by atoms with Crippen LogP contribution in [0, 0.1) is 0 Å². The minimum atomic E-state index is -0.589. The first-order valence-corrected chi connectivity index (χ1v) is 12.5. The summed E-state index contributed by atoms with van der Waals surface area (Å²) in [6.45, 7) is 0.548. The molecule has 3 heterocycles. The predicted molar refractivity (Wildman–Crippen MR) is 139 cm³/mol. The molecule has 0 bridgehead atoms. The average Bonchev–Trinajstić information content (AvgIpc) is 3.31. The Morgan fingerprint density at radius 3 is 2.46 bits per heavy atom. The second-order valence-corrected chi connectivity index (χ2v) is 9.60. The van der Waals surface area contributed by atoms with Gasteiger partial charge in [0.05, 0.1) is 25.3 Å². The Morgan fingerprint density at radius 2 is 1.70 bits per heavy atom. The van der Waals surface area contributed by atoms with Gasteiger partial charge >= 0.3 is 5.97 Å². The van der Waals surface area contributed by atoms with E-state index in [2.05, 4.69) is 11.1 Å². The molecule has 0 radical (unpaired) electrons. The van der Waals surface area contributed by atoms with Crippen LogP contribution in [0.25, 0.3) is 10.9 Å². The number of nitrogens with one attached hydrogen (secondary N) is 1. The van der Waals surface area contributed by atoms with Crippen molar-refractivity contribution in [2.24, 2.45) is 0 Å². The number of rotatable bonds is 5. The van der Waals surface area contributed by atoms with Crippen molar-refractivity contribution in [1.29, 1.82) is 0 Å². The van der Waals surface area contributed by atoms with Crippen molar-refractivity contribution < 1.29 is 19.1 Å². The Balaban J connectivity index is 1.39. The summed E-state index contributed by atoms with van der Waals surface area (Å²) in [5.74, 6) is -0.524. The van der Waals surface area contributed by atoms with Crippen LogP contribution in [0.15, 0.2) is 78.9 Å². The van der Waals surface area contributed by atoms with Crippen LogP contribution in [0.1, 0.15) is 38.8 Å². The van der Waals surface area contributed by atoms with Crippen LogP contribution >= 0.6 is 0 Å². The molecule has 6 rings (SSSR count). The van der Waals surface area contributed by atoms with E-state index >= 15 is 0 Å². The molecule has 2 amide bonds. The van der Waals surface area contributed by atoms with Crippen molar-refractivity contribution in [2.45, 2.75) is 24.9 Å². The second-order valence-electron chi connectivity index (χ2n) is 9.60. The molecular weight excluding hydrogens is 466 g/mol. The Morgan fingerprint density at radius 1 is 0.973 bits per heavy atom. The smallest absolute Gasteiger partial charge is 0.337 e. The highest BCUT2D eigenvalue weighted by Crippen LogP contribution is 2.42. The Kier molecular flexibility index (Phi) is 5.75. The number of amides is 2. The van der Waals surface area contributed by atoms with Gasteiger partial charge in [-0.25, -0.2) is 4.79 Å². The van der Waals surface area contributed by atoms with Gasteiger partial charge in [-0.05, 0) is 41.3 Å².